The van der Waals surface area contributed by atoms with Crippen molar-refractivity contribution in [3.8, 4) is 0 Å². The first-order valence-corrected chi connectivity index (χ1v) is 6.22. The first-order valence-electron chi connectivity index (χ1n) is 6.22. The summed E-state index contributed by atoms with van der Waals surface area (Å²) in [4.78, 5) is 0. The Morgan fingerprint density at radius 2 is 1.17 bits per heavy atom. The summed E-state index contributed by atoms with van der Waals surface area (Å²) in [7, 11) is 1.97. The van der Waals surface area contributed by atoms with E-state index in [1.165, 1.54) is 38.0 Å². The molecule has 1 N–H and O–H groups in total. The fraction of sp³-hybridized carbons (Fsp3) is 0.0588. The maximum atomic E-state index is 3.23. The molecular weight excluding hydrogens is 218 g/mol. The summed E-state index contributed by atoms with van der Waals surface area (Å²) in [5.74, 6) is 0. The van der Waals surface area contributed by atoms with Gasteiger partial charge < -0.3 is 5.32 Å². The number of nitrogens with one attached hydrogen (secondary N) is 1. The number of rotatable bonds is 1. The predicted octanol–water partition coefficient (Wildman–Crippen LogP) is 4.63. The molecule has 1 heteroatoms. The first kappa shape index (κ1) is 9.72. The zero-order valence-corrected chi connectivity index (χ0v) is 10.2. The van der Waals surface area contributed by atoms with Gasteiger partial charge in [0.1, 0.15) is 0 Å². The highest BCUT2D eigenvalue weighted by Crippen LogP contribution is 2.35. The lowest BCUT2D eigenvalue weighted by atomic mass is 9.94. The van der Waals surface area contributed by atoms with Crippen LogP contribution in [0.2, 0.25) is 0 Å². The quantitative estimate of drug-likeness (QED) is 0.471. The largest absolute Gasteiger partial charge is 0.388 e. The highest BCUT2D eigenvalue weighted by Gasteiger charge is 2.08. The summed E-state index contributed by atoms with van der Waals surface area (Å²) >= 11 is 0. The molecule has 0 aliphatic carbocycles. The van der Waals surface area contributed by atoms with E-state index in [9.17, 15) is 0 Å². The minimum atomic E-state index is 1.17. The maximum Gasteiger partial charge on any atom is 0.0350 e. The van der Waals surface area contributed by atoms with Crippen molar-refractivity contribution in [1.29, 1.82) is 0 Å². The second-order valence-corrected chi connectivity index (χ2v) is 4.76. The third-order valence-electron chi connectivity index (χ3n) is 3.75. The van der Waals surface area contributed by atoms with E-state index in [1.807, 2.05) is 7.05 Å². The Morgan fingerprint density at radius 1 is 0.667 bits per heavy atom. The van der Waals surface area contributed by atoms with Gasteiger partial charge in [-0.05, 0) is 44.5 Å². The molecule has 0 atom stereocenters. The number of benzene rings is 4. The van der Waals surface area contributed by atoms with Crippen molar-refractivity contribution < 1.29 is 0 Å². The van der Waals surface area contributed by atoms with Crippen LogP contribution in [0.5, 0.6) is 0 Å². The van der Waals surface area contributed by atoms with E-state index in [2.05, 4.69) is 59.9 Å². The smallest absolute Gasteiger partial charge is 0.0350 e. The van der Waals surface area contributed by atoms with Crippen LogP contribution in [0.1, 0.15) is 0 Å². The molecule has 4 rings (SSSR count). The predicted molar refractivity (Wildman–Crippen MR) is 79.7 cm³/mol. The van der Waals surface area contributed by atoms with Gasteiger partial charge in [-0.1, -0.05) is 42.5 Å². The summed E-state index contributed by atoms with van der Waals surface area (Å²) in [5.41, 5.74) is 1.17. The average Bonchev–Trinajstić information content (AvgIpc) is 2.44. The van der Waals surface area contributed by atoms with Crippen molar-refractivity contribution in [3.05, 3.63) is 54.6 Å². The highest BCUT2D eigenvalue weighted by molar-refractivity contribution is 6.23. The molecule has 0 saturated heterocycles. The van der Waals surface area contributed by atoms with Gasteiger partial charge >= 0.3 is 0 Å². The third-order valence-corrected chi connectivity index (χ3v) is 3.75. The SMILES string of the molecule is CNc1cc2ccc3cccc4ccc(c1)c2c34. The van der Waals surface area contributed by atoms with Crippen LogP contribution in [0.15, 0.2) is 54.6 Å². The standard InChI is InChI=1S/C17H13N/c1-18-15-9-13-7-5-11-3-2-4-12-6-8-14(10-15)17(13)16(11)12/h2-10,18H,1H3. The molecule has 0 heterocycles. The molecule has 0 radical (unpaired) electrons. The van der Waals surface area contributed by atoms with Gasteiger partial charge in [0, 0.05) is 12.7 Å². The van der Waals surface area contributed by atoms with Gasteiger partial charge in [-0.15, -0.1) is 0 Å². The van der Waals surface area contributed by atoms with E-state index < -0.39 is 0 Å². The molecule has 1 nitrogen and oxygen atoms in total. The molecule has 0 saturated carbocycles. The van der Waals surface area contributed by atoms with Gasteiger partial charge in [-0.25, -0.2) is 0 Å². The Labute approximate surface area is 105 Å². The molecule has 86 valence electrons. The molecule has 0 amide bonds. The monoisotopic (exact) mass is 231 g/mol. The van der Waals surface area contributed by atoms with Crippen LogP contribution >= 0.6 is 0 Å². The molecule has 0 bridgehead atoms. The topological polar surface area (TPSA) is 12.0 Å². The number of hydrogen-bond acceptors (Lipinski definition) is 1. The lowest BCUT2D eigenvalue weighted by molar-refractivity contribution is 1.54. The van der Waals surface area contributed by atoms with Crippen molar-refractivity contribution in [2.24, 2.45) is 0 Å². The number of anilines is 1. The summed E-state index contributed by atoms with van der Waals surface area (Å²) < 4.78 is 0. The van der Waals surface area contributed by atoms with E-state index >= 15 is 0 Å². The second-order valence-electron chi connectivity index (χ2n) is 4.76. The zero-order chi connectivity index (χ0) is 12.1. The van der Waals surface area contributed by atoms with Gasteiger partial charge in [0.15, 0.2) is 0 Å². The molecule has 0 aliphatic heterocycles. The summed E-state index contributed by atoms with van der Waals surface area (Å²) in [6.07, 6.45) is 0. The zero-order valence-electron chi connectivity index (χ0n) is 10.2. The van der Waals surface area contributed by atoms with Crippen LogP contribution in [0.3, 0.4) is 0 Å². The Kier molecular flexibility index (Phi) is 1.81. The van der Waals surface area contributed by atoms with E-state index in [0.717, 1.165) is 0 Å². The Morgan fingerprint density at radius 3 is 1.72 bits per heavy atom. The molecule has 4 aromatic rings. The molecule has 0 aliphatic rings. The lowest BCUT2D eigenvalue weighted by Gasteiger charge is -2.12. The molecular formula is C17H13N. The van der Waals surface area contributed by atoms with Crippen molar-refractivity contribution in [3.63, 3.8) is 0 Å². The van der Waals surface area contributed by atoms with Gasteiger partial charge in [-0.3, -0.25) is 0 Å². The fourth-order valence-electron chi connectivity index (χ4n) is 2.90. The van der Waals surface area contributed by atoms with E-state index in [-0.39, 0.29) is 0 Å². The number of hydrogen-bond donors (Lipinski definition) is 1. The van der Waals surface area contributed by atoms with Crippen LogP contribution in [0, 0.1) is 0 Å². The Balaban J connectivity index is 2.35. The van der Waals surface area contributed by atoms with Crippen molar-refractivity contribution in [2.75, 3.05) is 12.4 Å². The van der Waals surface area contributed by atoms with Crippen molar-refractivity contribution >= 4 is 38.0 Å². The molecule has 0 spiro atoms. The lowest BCUT2D eigenvalue weighted by Crippen LogP contribution is -1.89. The summed E-state index contributed by atoms with van der Waals surface area (Å²) in [5, 5.41) is 11.2. The van der Waals surface area contributed by atoms with Gasteiger partial charge in [0.25, 0.3) is 0 Å². The van der Waals surface area contributed by atoms with E-state index in [1.54, 1.807) is 0 Å². The van der Waals surface area contributed by atoms with Crippen LogP contribution in [0.4, 0.5) is 5.69 Å². The van der Waals surface area contributed by atoms with E-state index in [0.29, 0.717) is 0 Å². The Hall–Kier alpha value is -2.28. The van der Waals surface area contributed by atoms with Gasteiger partial charge in [0.05, 0.1) is 0 Å². The van der Waals surface area contributed by atoms with Crippen molar-refractivity contribution in [1.82, 2.24) is 0 Å². The third kappa shape index (κ3) is 1.16. The molecule has 0 aromatic heterocycles. The maximum absolute atomic E-state index is 3.23. The highest BCUT2D eigenvalue weighted by atomic mass is 14.8. The molecule has 0 fully saturated rings. The Bertz CT molecular complexity index is 797. The minimum absolute atomic E-state index is 1.17. The van der Waals surface area contributed by atoms with Crippen LogP contribution in [-0.2, 0) is 0 Å². The van der Waals surface area contributed by atoms with Crippen LogP contribution < -0.4 is 5.32 Å². The van der Waals surface area contributed by atoms with E-state index in [4.69, 9.17) is 0 Å². The van der Waals surface area contributed by atoms with Crippen LogP contribution in [-0.4, -0.2) is 7.05 Å². The molecule has 4 aromatic carbocycles. The summed E-state index contributed by atoms with van der Waals surface area (Å²) in [6, 6.07) is 19.8. The van der Waals surface area contributed by atoms with Crippen molar-refractivity contribution in [2.45, 2.75) is 0 Å². The fourth-order valence-corrected chi connectivity index (χ4v) is 2.90. The van der Waals surface area contributed by atoms with Crippen LogP contribution in [0.25, 0.3) is 32.3 Å². The van der Waals surface area contributed by atoms with Gasteiger partial charge in [0.2, 0.25) is 0 Å². The summed E-state index contributed by atoms with van der Waals surface area (Å²) in [6.45, 7) is 0. The second kappa shape index (κ2) is 3.36. The average molecular weight is 231 g/mol. The molecule has 0 unspecified atom stereocenters. The molecule has 18 heavy (non-hydrogen) atoms. The minimum Gasteiger partial charge on any atom is -0.388 e. The first-order chi connectivity index (χ1) is 8.86. The van der Waals surface area contributed by atoms with Gasteiger partial charge in [-0.2, -0.15) is 0 Å². The normalized spacial score (nSPS) is 11.6.